The topological polar surface area (TPSA) is 23.5 Å². The molecule has 0 saturated heterocycles. The molecule has 0 radical (unpaired) electrons. The summed E-state index contributed by atoms with van der Waals surface area (Å²) in [6.45, 7) is 0. The molecule has 0 aliphatic heterocycles. The Morgan fingerprint density at radius 3 is 2.15 bits per heavy atom. The van der Waals surface area contributed by atoms with E-state index in [-0.39, 0.29) is 0 Å². The summed E-state index contributed by atoms with van der Waals surface area (Å²) in [4.78, 5) is 1.87. The van der Waals surface area contributed by atoms with Crippen molar-refractivity contribution in [2.75, 3.05) is 19.0 Å². The van der Waals surface area contributed by atoms with Crippen molar-refractivity contribution >= 4 is 23.4 Å². The summed E-state index contributed by atoms with van der Waals surface area (Å²) < 4.78 is 38.9. The van der Waals surface area contributed by atoms with E-state index in [1.165, 1.54) is 6.08 Å². The van der Waals surface area contributed by atoms with Crippen molar-refractivity contribution in [3.05, 3.63) is 70.3 Å². The Kier molecular flexibility index (Phi) is 6.36. The first-order valence-electron chi connectivity index (χ1n) is 7.68. The van der Waals surface area contributed by atoms with E-state index < -0.39 is 17.9 Å². The molecular formula is C20H17ClF3NO. The van der Waals surface area contributed by atoms with Gasteiger partial charge in [0.1, 0.15) is 0 Å². The first-order valence-corrected chi connectivity index (χ1v) is 8.06. The van der Waals surface area contributed by atoms with Crippen LogP contribution >= 0.6 is 11.6 Å². The van der Waals surface area contributed by atoms with Crippen molar-refractivity contribution in [1.29, 1.82) is 0 Å². The largest absolute Gasteiger partial charge is 0.419 e. The lowest BCUT2D eigenvalue weighted by Crippen LogP contribution is -2.29. The molecule has 0 fully saturated rings. The van der Waals surface area contributed by atoms with Gasteiger partial charge in [0.25, 0.3) is 0 Å². The minimum atomic E-state index is -4.80. The van der Waals surface area contributed by atoms with E-state index in [0.29, 0.717) is 16.1 Å². The standard InChI is InChI=1S/C20H17ClF3NO/c1-25(2)18-11-6-15(7-12-18)13-16(19(26)20(22,23)24)8-3-14-4-9-17(21)10-5-14/h4-7,9-13,19,26H,1-2H3/b16-13+. The van der Waals surface area contributed by atoms with Crippen molar-refractivity contribution in [3.63, 3.8) is 0 Å². The summed E-state index contributed by atoms with van der Waals surface area (Å²) in [7, 11) is 3.72. The normalized spacial score (nSPS) is 13.0. The highest BCUT2D eigenvalue weighted by atomic mass is 35.5. The van der Waals surface area contributed by atoms with Crippen molar-refractivity contribution in [2.24, 2.45) is 0 Å². The summed E-state index contributed by atoms with van der Waals surface area (Å²) in [6.07, 6.45) is -6.22. The Morgan fingerprint density at radius 2 is 1.65 bits per heavy atom. The zero-order chi connectivity index (χ0) is 19.3. The molecule has 2 rings (SSSR count). The third-order valence-corrected chi connectivity index (χ3v) is 3.78. The molecule has 0 aliphatic rings. The Balaban J connectivity index is 2.39. The van der Waals surface area contributed by atoms with Gasteiger partial charge >= 0.3 is 6.18 Å². The van der Waals surface area contributed by atoms with E-state index in [4.69, 9.17) is 11.6 Å². The van der Waals surface area contributed by atoms with Crippen LogP contribution in [-0.2, 0) is 0 Å². The highest BCUT2D eigenvalue weighted by molar-refractivity contribution is 6.30. The van der Waals surface area contributed by atoms with Crippen molar-refractivity contribution in [1.82, 2.24) is 0 Å². The third-order valence-electron chi connectivity index (χ3n) is 3.53. The van der Waals surface area contributed by atoms with Crippen LogP contribution in [0.25, 0.3) is 6.08 Å². The van der Waals surface area contributed by atoms with Crippen molar-refractivity contribution in [2.45, 2.75) is 12.3 Å². The number of hydrogen-bond acceptors (Lipinski definition) is 2. The summed E-state index contributed by atoms with van der Waals surface area (Å²) in [5, 5.41) is 10.1. The summed E-state index contributed by atoms with van der Waals surface area (Å²) in [5.74, 6) is 5.06. The third kappa shape index (κ3) is 5.55. The average Bonchev–Trinajstić information content (AvgIpc) is 2.59. The lowest BCUT2D eigenvalue weighted by molar-refractivity contribution is -0.189. The van der Waals surface area contributed by atoms with Gasteiger partial charge in [-0.25, -0.2) is 0 Å². The predicted octanol–water partition coefficient (Wildman–Crippen LogP) is 4.76. The Morgan fingerprint density at radius 1 is 1.08 bits per heavy atom. The molecule has 2 aromatic rings. The van der Waals surface area contributed by atoms with Gasteiger partial charge < -0.3 is 10.0 Å². The van der Waals surface area contributed by atoms with Crippen LogP contribution in [0.3, 0.4) is 0 Å². The molecule has 0 aromatic heterocycles. The lowest BCUT2D eigenvalue weighted by atomic mass is 10.0. The Bertz CT molecular complexity index is 829. The molecular weight excluding hydrogens is 363 g/mol. The van der Waals surface area contributed by atoms with E-state index >= 15 is 0 Å². The fourth-order valence-corrected chi connectivity index (χ4v) is 2.21. The molecule has 0 aliphatic carbocycles. The van der Waals surface area contributed by atoms with E-state index in [0.717, 1.165) is 5.69 Å². The summed E-state index contributed by atoms with van der Waals surface area (Å²) in [5.41, 5.74) is 1.49. The number of anilines is 1. The van der Waals surface area contributed by atoms with E-state index in [2.05, 4.69) is 11.8 Å². The molecule has 26 heavy (non-hydrogen) atoms. The molecule has 136 valence electrons. The molecule has 0 bridgehead atoms. The first kappa shape index (κ1) is 19.9. The molecule has 6 heteroatoms. The molecule has 2 nitrogen and oxygen atoms in total. The smallest absolute Gasteiger partial charge is 0.379 e. The second kappa shape index (κ2) is 8.31. The number of aliphatic hydroxyl groups is 1. The quantitative estimate of drug-likeness (QED) is 0.777. The van der Waals surface area contributed by atoms with Gasteiger partial charge in [-0.15, -0.1) is 0 Å². The molecule has 0 saturated carbocycles. The fourth-order valence-electron chi connectivity index (χ4n) is 2.09. The lowest BCUT2D eigenvalue weighted by Gasteiger charge is -2.15. The highest BCUT2D eigenvalue weighted by Crippen LogP contribution is 2.27. The molecule has 0 spiro atoms. The molecule has 1 unspecified atom stereocenters. The Labute approximate surface area is 155 Å². The van der Waals surface area contributed by atoms with Gasteiger partial charge in [0.15, 0.2) is 6.10 Å². The van der Waals surface area contributed by atoms with Crippen LogP contribution in [0.1, 0.15) is 11.1 Å². The van der Waals surface area contributed by atoms with Crippen LogP contribution in [-0.4, -0.2) is 31.5 Å². The van der Waals surface area contributed by atoms with Crippen LogP contribution < -0.4 is 4.90 Å². The molecule has 0 heterocycles. The minimum Gasteiger partial charge on any atom is -0.379 e. The van der Waals surface area contributed by atoms with Crippen molar-refractivity contribution < 1.29 is 18.3 Å². The number of alkyl halides is 3. The minimum absolute atomic E-state index is 0.426. The number of aliphatic hydroxyl groups excluding tert-OH is 1. The number of halogens is 4. The number of rotatable bonds is 3. The maximum atomic E-state index is 13.0. The van der Waals surface area contributed by atoms with Crippen LogP contribution in [0, 0.1) is 11.8 Å². The van der Waals surface area contributed by atoms with Gasteiger partial charge in [0.05, 0.1) is 0 Å². The van der Waals surface area contributed by atoms with E-state index in [9.17, 15) is 18.3 Å². The van der Waals surface area contributed by atoms with Crippen LogP contribution in [0.15, 0.2) is 54.1 Å². The highest BCUT2D eigenvalue weighted by Gasteiger charge is 2.40. The second-order valence-corrected chi connectivity index (χ2v) is 6.22. The maximum Gasteiger partial charge on any atom is 0.419 e. The Hall–Kier alpha value is -2.42. The SMILES string of the molecule is CN(C)c1ccc(/C=C(\C#Cc2ccc(Cl)cc2)C(O)C(F)(F)F)cc1. The number of nitrogens with zero attached hydrogens (tertiary/aromatic N) is 1. The second-order valence-electron chi connectivity index (χ2n) is 5.79. The zero-order valence-corrected chi connectivity index (χ0v) is 14.9. The fraction of sp³-hybridized carbons (Fsp3) is 0.200. The summed E-state index contributed by atoms with van der Waals surface area (Å²) in [6, 6.07) is 13.3. The van der Waals surface area contributed by atoms with E-state index in [1.54, 1.807) is 48.5 Å². The molecule has 1 atom stereocenters. The van der Waals surface area contributed by atoms with Gasteiger partial charge in [-0.2, -0.15) is 13.2 Å². The van der Waals surface area contributed by atoms with Gasteiger partial charge in [0, 0.05) is 35.9 Å². The first-order chi connectivity index (χ1) is 12.2. The number of benzene rings is 2. The molecule has 1 N–H and O–H groups in total. The van der Waals surface area contributed by atoms with Gasteiger partial charge in [-0.05, 0) is 48.0 Å². The van der Waals surface area contributed by atoms with Crippen molar-refractivity contribution in [3.8, 4) is 11.8 Å². The van der Waals surface area contributed by atoms with Gasteiger partial charge in [-0.3, -0.25) is 0 Å². The van der Waals surface area contributed by atoms with Crippen LogP contribution in [0.5, 0.6) is 0 Å². The summed E-state index contributed by atoms with van der Waals surface area (Å²) >= 11 is 5.78. The molecule has 0 amide bonds. The predicted molar refractivity (Wildman–Crippen MR) is 99.1 cm³/mol. The van der Waals surface area contributed by atoms with Gasteiger partial charge in [0.2, 0.25) is 0 Å². The van der Waals surface area contributed by atoms with E-state index in [1.807, 2.05) is 19.0 Å². The zero-order valence-electron chi connectivity index (χ0n) is 14.2. The monoisotopic (exact) mass is 379 g/mol. The maximum absolute atomic E-state index is 13.0. The number of hydrogen-bond donors (Lipinski definition) is 1. The van der Waals surface area contributed by atoms with Crippen LogP contribution in [0.2, 0.25) is 5.02 Å². The van der Waals surface area contributed by atoms with Gasteiger partial charge in [-0.1, -0.05) is 35.6 Å². The van der Waals surface area contributed by atoms with Crippen LogP contribution in [0.4, 0.5) is 18.9 Å². The average molecular weight is 380 g/mol. The molecule has 2 aromatic carbocycles.